The highest BCUT2D eigenvalue weighted by molar-refractivity contribution is 7.80. The van der Waals surface area contributed by atoms with Crippen LogP contribution in [0.5, 0.6) is 0 Å². The number of aromatic nitrogens is 2. The molecule has 144 valence electrons. The number of carbonyl (C=O) groups excluding carboxylic acids is 1. The minimum Gasteiger partial charge on any atom is -0.434 e. The summed E-state index contributed by atoms with van der Waals surface area (Å²) in [5.74, 6) is 0.311. The summed E-state index contributed by atoms with van der Waals surface area (Å²) in [5, 5.41) is 6.04. The van der Waals surface area contributed by atoms with Gasteiger partial charge in [-0.1, -0.05) is 36.4 Å². The first-order chi connectivity index (χ1) is 14.1. The molecule has 4 rings (SSSR count). The van der Waals surface area contributed by atoms with Crippen LogP contribution in [0.1, 0.15) is 11.1 Å². The number of hydrogen-bond donors (Lipinski definition) is 2. The zero-order chi connectivity index (χ0) is 20.2. The first-order valence-corrected chi connectivity index (χ1v) is 9.47. The summed E-state index contributed by atoms with van der Waals surface area (Å²) in [7, 11) is 0. The van der Waals surface area contributed by atoms with Gasteiger partial charge in [-0.15, -0.1) is 0 Å². The van der Waals surface area contributed by atoms with Gasteiger partial charge in [-0.2, -0.15) is 4.98 Å². The molecule has 0 aliphatic carbocycles. The van der Waals surface area contributed by atoms with Crippen LogP contribution in [0.4, 0.5) is 5.69 Å². The molecule has 0 aliphatic rings. The Morgan fingerprint density at radius 3 is 2.69 bits per heavy atom. The molecule has 0 saturated carbocycles. The monoisotopic (exact) mass is 402 g/mol. The molecule has 0 radical (unpaired) electrons. The third-order valence-electron chi connectivity index (χ3n) is 4.44. The third kappa shape index (κ3) is 4.30. The minimum absolute atomic E-state index is 0.174. The molecule has 1 amide bonds. The summed E-state index contributed by atoms with van der Waals surface area (Å²) in [4.78, 5) is 20.9. The van der Waals surface area contributed by atoms with E-state index in [-0.39, 0.29) is 17.4 Å². The summed E-state index contributed by atoms with van der Waals surface area (Å²) in [6, 6.07) is 18.8. The van der Waals surface area contributed by atoms with Gasteiger partial charge in [-0.25, -0.2) is 4.98 Å². The van der Waals surface area contributed by atoms with Crippen molar-refractivity contribution in [3.63, 3.8) is 0 Å². The van der Waals surface area contributed by atoms with E-state index in [0.717, 1.165) is 22.4 Å². The van der Waals surface area contributed by atoms with Crippen molar-refractivity contribution in [3.05, 3.63) is 78.0 Å². The number of amides is 1. The average molecular weight is 402 g/mol. The Morgan fingerprint density at radius 1 is 1.07 bits per heavy atom. The number of fused-ring (bicyclic) bond motifs is 1. The van der Waals surface area contributed by atoms with Crippen LogP contribution in [-0.2, 0) is 11.2 Å². The van der Waals surface area contributed by atoms with Gasteiger partial charge in [0.25, 0.3) is 0 Å². The Bertz CT molecular complexity index is 1150. The lowest BCUT2D eigenvalue weighted by molar-refractivity contribution is -0.119. The van der Waals surface area contributed by atoms with E-state index in [0.29, 0.717) is 17.1 Å². The SMILES string of the molecule is Cc1c(NC(=S)NC(=O)Cc2ccccc2)cccc1-c1nc2ncccc2o1. The second-order valence-corrected chi connectivity index (χ2v) is 6.90. The predicted molar refractivity (Wildman–Crippen MR) is 116 cm³/mol. The van der Waals surface area contributed by atoms with E-state index in [4.69, 9.17) is 16.6 Å². The van der Waals surface area contributed by atoms with Gasteiger partial charge < -0.3 is 15.1 Å². The van der Waals surface area contributed by atoms with E-state index in [9.17, 15) is 4.79 Å². The number of benzene rings is 2. The molecular formula is C22H18N4O2S. The number of thiocarbonyl (C=S) groups is 1. The van der Waals surface area contributed by atoms with Crippen molar-refractivity contribution in [3.8, 4) is 11.5 Å². The zero-order valence-electron chi connectivity index (χ0n) is 15.7. The molecule has 7 heteroatoms. The van der Waals surface area contributed by atoms with Crippen LogP contribution in [0.2, 0.25) is 0 Å². The standard InChI is InChI=1S/C22H18N4O2S/c1-14-16(21-26-20-18(28-21)11-6-12-23-20)9-5-10-17(14)24-22(29)25-19(27)13-15-7-3-2-4-8-15/h2-12H,13H2,1H3,(H2,24,25,27,29). The number of nitrogens with zero attached hydrogens (tertiary/aromatic N) is 2. The molecule has 0 spiro atoms. The lowest BCUT2D eigenvalue weighted by atomic mass is 10.1. The van der Waals surface area contributed by atoms with E-state index in [1.165, 1.54) is 0 Å². The Labute approximate surface area is 173 Å². The molecule has 0 atom stereocenters. The van der Waals surface area contributed by atoms with Crippen LogP contribution in [0.15, 0.2) is 71.3 Å². The molecule has 0 bridgehead atoms. The number of rotatable bonds is 4. The summed E-state index contributed by atoms with van der Waals surface area (Å²) in [6.07, 6.45) is 1.94. The van der Waals surface area contributed by atoms with Crippen molar-refractivity contribution in [1.82, 2.24) is 15.3 Å². The van der Waals surface area contributed by atoms with Gasteiger partial charge in [0.15, 0.2) is 16.3 Å². The molecule has 0 aliphatic heterocycles. The summed E-state index contributed by atoms with van der Waals surface area (Å²) >= 11 is 5.31. The molecule has 4 aromatic rings. The van der Waals surface area contributed by atoms with Crippen LogP contribution >= 0.6 is 12.2 Å². The Hall–Kier alpha value is -3.58. The van der Waals surface area contributed by atoms with Crippen molar-refractivity contribution < 1.29 is 9.21 Å². The van der Waals surface area contributed by atoms with Crippen LogP contribution < -0.4 is 10.6 Å². The molecule has 0 saturated heterocycles. The quantitative estimate of drug-likeness (QED) is 0.497. The molecule has 6 nitrogen and oxygen atoms in total. The zero-order valence-corrected chi connectivity index (χ0v) is 16.5. The van der Waals surface area contributed by atoms with Gasteiger partial charge in [0, 0.05) is 17.4 Å². The average Bonchev–Trinajstić information content (AvgIpc) is 3.14. The van der Waals surface area contributed by atoms with Crippen molar-refractivity contribution >= 4 is 40.2 Å². The van der Waals surface area contributed by atoms with Gasteiger partial charge >= 0.3 is 0 Å². The minimum atomic E-state index is -0.174. The smallest absolute Gasteiger partial charge is 0.230 e. The van der Waals surface area contributed by atoms with Crippen molar-refractivity contribution in [2.45, 2.75) is 13.3 Å². The number of anilines is 1. The number of pyridine rings is 1. The largest absolute Gasteiger partial charge is 0.434 e. The van der Waals surface area contributed by atoms with E-state index >= 15 is 0 Å². The number of carbonyl (C=O) groups is 1. The molecule has 2 aromatic carbocycles. The summed E-state index contributed by atoms with van der Waals surface area (Å²) in [5.41, 5.74) is 4.61. The van der Waals surface area contributed by atoms with E-state index in [1.54, 1.807) is 12.3 Å². The lowest BCUT2D eigenvalue weighted by Gasteiger charge is -2.13. The van der Waals surface area contributed by atoms with Crippen LogP contribution in [-0.4, -0.2) is 21.0 Å². The van der Waals surface area contributed by atoms with Gasteiger partial charge in [0.05, 0.1) is 6.42 Å². The van der Waals surface area contributed by atoms with Gasteiger partial charge in [0.1, 0.15) is 0 Å². The van der Waals surface area contributed by atoms with Crippen molar-refractivity contribution in [2.24, 2.45) is 0 Å². The Balaban J connectivity index is 1.48. The van der Waals surface area contributed by atoms with Crippen molar-refractivity contribution in [1.29, 1.82) is 0 Å². The number of nitrogens with one attached hydrogen (secondary N) is 2. The fourth-order valence-corrected chi connectivity index (χ4v) is 3.22. The second-order valence-electron chi connectivity index (χ2n) is 6.49. The van der Waals surface area contributed by atoms with Gasteiger partial charge in [0.2, 0.25) is 11.8 Å². The summed E-state index contributed by atoms with van der Waals surface area (Å²) in [6.45, 7) is 1.94. The highest BCUT2D eigenvalue weighted by atomic mass is 32.1. The maximum Gasteiger partial charge on any atom is 0.230 e. The highest BCUT2D eigenvalue weighted by Gasteiger charge is 2.14. The fraction of sp³-hybridized carbons (Fsp3) is 0.0909. The fourth-order valence-electron chi connectivity index (χ4n) is 2.99. The summed E-state index contributed by atoms with van der Waals surface area (Å²) < 4.78 is 5.82. The molecule has 2 heterocycles. The van der Waals surface area contributed by atoms with E-state index < -0.39 is 0 Å². The Kier molecular flexibility index (Phi) is 5.31. The lowest BCUT2D eigenvalue weighted by Crippen LogP contribution is -2.35. The van der Waals surface area contributed by atoms with Crippen molar-refractivity contribution in [2.75, 3.05) is 5.32 Å². The Morgan fingerprint density at radius 2 is 1.90 bits per heavy atom. The van der Waals surface area contributed by atoms with Crippen LogP contribution in [0.25, 0.3) is 22.7 Å². The highest BCUT2D eigenvalue weighted by Crippen LogP contribution is 2.29. The topological polar surface area (TPSA) is 80.0 Å². The first kappa shape index (κ1) is 18.8. The molecular weight excluding hydrogens is 384 g/mol. The molecule has 0 unspecified atom stereocenters. The maximum absolute atomic E-state index is 12.2. The third-order valence-corrected chi connectivity index (χ3v) is 4.64. The maximum atomic E-state index is 12.2. The van der Waals surface area contributed by atoms with Crippen LogP contribution in [0.3, 0.4) is 0 Å². The number of oxazole rings is 1. The van der Waals surface area contributed by atoms with Crippen LogP contribution in [0, 0.1) is 6.92 Å². The molecule has 2 N–H and O–H groups in total. The second kappa shape index (κ2) is 8.20. The number of hydrogen-bond acceptors (Lipinski definition) is 5. The molecule has 2 aromatic heterocycles. The normalized spacial score (nSPS) is 10.7. The predicted octanol–water partition coefficient (Wildman–Crippen LogP) is 4.25. The van der Waals surface area contributed by atoms with E-state index in [2.05, 4.69) is 20.6 Å². The molecule has 0 fully saturated rings. The van der Waals surface area contributed by atoms with Gasteiger partial charge in [-0.05, 0) is 54.5 Å². The molecule has 29 heavy (non-hydrogen) atoms. The van der Waals surface area contributed by atoms with Gasteiger partial charge in [-0.3, -0.25) is 4.79 Å². The van der Waals surface area contributed by atoms with E-state index in [1.807, 2.05) is 61.5 Å². The first-order valence-electron chi connectivity index (χ1n) is 9.06.